The highest BCUT2D eigenvalue weighted by Crippen LogP contribution is 2.27. The average molecular weight is 359 g/mol. The van der Waals surface area contributed by atoms with Gasteiger partial charge >= 0.3 is 8.80 Å². The Balaban J connectivity index is 5.42. The Morgan fingerprint density at radius 2 is 1.38 bits per heavy atom. The van der Waals surface area contributed by atoms with E-state index in [1.165, 1.54) is 7.11 Å². The summed E-state index contributed by atoms with van der Waals surface area (Å²) in [6.07, 6.45) is 4.17. The van der Waals surface area contributed by atoms with Gasteiger partial charge in [0.15, 0.2) is 0 Å². The molecule has 0 rings (SSSR count). The molecule has 0 saturated heterocycles. The van der Waals surface area contributed by atoms with Crippen LogP contribution in [-0.2, 0) is 27.5 Å². The van der Waals surface area contributed by atoms with E-state index < -0.39 is 20.5 Å². The smallest absolute Gasteiger partial charge is 0.382 e. The summed E-state index contributed by atoms with van der Waals surface area (Å²) >= 11 is 0. The Hall–Kier alpha value is -1.06. The lowest BCUT2D eigenvalue weighted by molar-refractivity contribution is -0.0448. The Labute approximate surface area is 146 Å². The van der Waals surface area contributed by atoms with Gasteiger partial charge in [-0.2, -0.15) is 0 Å². The lowest BCUT2D eigenvalue weighted by Gasteiger charge is -2.37. The van der Waals surface area contributed by atoms with Gasteiger partial charge in [-0.05, 0) is 5.70 Å². The zero-order chi connectivity index (χ0) is 18.5. The largest absolute Gasteiger partial charge is 0.529 e. The van der Waals surface area contributed by atoms with Crippen molar-refractivity contribution in [3.63, 3.8) is 0 Å². The van der Waals surface area contributed by atoms with Crippen molar-refractivity contribution in [3.8, 4) is 0 Å². The quantitative estimate of drug-likeness (QED) is 0.240. The van der Waals surface area contributed by atoms with Crippen molar-refractivity contribution in [2.24, 2.45) is 0 Å². The normalized spacial score (nSPS) is 13.3. The van der Waals surface area contributed by atoms with Crippen molar-refractivity contribution in [2.75, 3.05) is 47.8 Å². The van der Waals surface area contributed by atoms with Crippen molar-refractivity contribution < 1.29 is 27.5 Å². The van der Waals surface area contributed by atoms with Crippen LogP contribution in [0, 0.1) is 0 Å². The van der Waals surface area contributed by atoms with Crippen LogP contribution in [0.4, 0.5) is 0 Å². The summed E-state index contributed by atoms with van der Waals surface area (Å²) in [6, 6.07) is 0. The zero-order valence-corrected chi connectivity index (χ0v) is 16.0. The van der Waals surface area contributed by atoms with Gasteiger partial charge in [0.2, 0.25) is 0 Å². The summed E-state index contributed by atoms with van der Waals surface area (Å²) in [5.41, 5.74) is 0.597. The first-order valence-corrected chi connectivity index (χ1v) is 9.35. The molecule has 0 fully saturated rings. The topological polar surface area (TPSA) is 55.4 Å². The van der Waals surface area contributed by atoms with Gasteiger partial charge in [0.05, 0.1) is 26.4 Å². The fraction of sp³-hybridized carbons (Fsp3) is 0.529. The lowest BCUT2D eigenvalue weighted by Crippen LogP contribution is -2.53. The molecule has 0 aromatic carbocycles. The minimum atomic E-state index is -3.23. The van der Waals surface area contributed by atoms with Crippen LogP contribution in [0.3, 0.4) is 0 Å². The molecule has 7 heteroatoms. The monoisotopic (exact) mass is 358 g/mol. The molecule has 0 aliphatic heterocycles. The molecule has 1 atom stereocenters. The van der Waals surface area contributed by atoms with Crippen LogP contribution in [0.15, 0.2) is 50.2 Å². The fourth-order valence-electron chi connectivity index (χ4n) is 1.91. The minimum Gasteiger partial charge on any atom is -0.382 e. The van der Waals surface area contributed by atoms with Gasteiger partial charge in [0, 0.05) is 21.3 Å². The summed E-state index contributed by atoms with van der Waals surface area (Å²) in [5.74, 6) is 0. The van der Waals surface area contributed by atoms with Crippen molar-refractivity contribution in [3.05, 3.63) is 50.2 Å². The van der Waals surface area contributed by atoms with E-state index >= 15 is 0 Å². The molecule has 0 spiro atoms. The molecule has 0 bridgehead atoms. The second-order valence-electron chi connectivity index (χ2n) is 4.73. The Morgan fingerprint density at radius 3 is 1.67 bits per heavy atom. The van der Waals surface area contributed by atoms with Gasteiger partial charge in [-0.3, -0.25) is 0 Å². The molecule has 0 amide bonds. The van der Waals surface area contributed by atoms with Gasteiger partial charge < -0.3 is 27.5 Å². The molecule has 6 nitrogen and oxygen atoms in total. The number of methoxy groups -OCH3 is 3. The third-order valence-electron chi connectivity index (χ3n) is 3.37. The minimum absolute atomic E-state index is 0.299. The highest BCUT2D eigenvalue weighted by atomic mass is 28.4. The van der Waals surface area contributed by atoms with Crippen molar-refractivity contribution >= 4 is 8.80 Å². The maximum atomic E-state index is 6.15. The SMILES string of the molecule is C=CC(O[Si](C=C)(OCCOC)OCCOC)C(C=C)(C=C)OC. The standard InChI is InChI=1S/C17H30O6Si/c1-8-16(17(9-2,10-3)20-7)23-24(11-4,21-14-12-18-5)22-15-13-19-6/h8-11,16H,1-4,12-15H2,5-7H3. The van der Waals surface area contributed by atoms with E-state index in [-0.39, 0.29) is 0 Å². The first kappa shape index (κ1) is 22.9. The molecule has 0 aliphatic carbocycles. The van der Waals surface area contributed by atoms with Gasteiger partial charge in [0.25, 0.3) is 0 Å². The van der Waals surface area contributed by atoms with E-state index in [1.54, 1.807) is 38.1 Å². The number of rotatable bonds is 16. The summed E-state index contributed by atoms with van der Waals surface area (Å²) in [6.45, 7) is 16.6. The first-order chi connectivity index (χ1) is 11.5. The predicted molar refractivity (Wildman–Crippen MR) is 96.8 cm³/mol. The molecule has 24 heavy (non-hydrogen) atoms. The predicted octanol–water partition coefficient (Wildman–Crippen LogP) is 2.30. The Bertz CT molecular complexity index is 381. The molecule has 0 radical (unpaired) electrons. The van der Waals surface area contributed by atoms with Crippen LogP contribution < -0.4 is 0 Å². The van der Waals surface area contributed by atoms with E-state index in [1.807, 2.05) is 0 Å². The molecule has 0 aromatic rings. The van der Waals surface area contributed by atoms with Crippen molar-refractivity contribution in [2.45, 2.75) is 11.7 Å². The van der Waals surface area contributed by atoms with Crippen molar-refractivity contribution in [1.82, 2.24) is 0 Å². The average Bonchev–Trinajstić information content (AvgIpc) is 2.62. The highest BCUT2D eigenvalue weighted by Gasteiger charge is 2.45. The fourth-order valence-corrected chi connectivity index (χ4v) is 3.83. The first-order valence-electron chi connectivity index (χ1n) is 7.55. The number of hydrogen-bond donors (Lipinski definition) is 0. The van der Waals surface area contributed by atoms with E-state index in [0.29, 0.717) is 26.4 Å². The molecule has 0 saturated carbocycles. The van der Waals surface area contributed by atoms with Crippen LogP contribution in [0.2, 0.25) is 0 Å². The van der Waals surface area contributed by atoms with Crippen LogP contribution >= 0.6 is 0 Å². The maximum absolute atomic E-state index is 6.15. The zero-order valence-electron chi connectivity index (χ0n) is 15.0. The number of ether oxygens (including phenoxy) is 3. The van der Waals surface area contributed by atoms with E-state index in [2.05, 4.69) is 26.3 Å². The highest BCUT2D eigenvalue weighted by molar-refractivity contribution is 6.66. The molecule has 0 N–H and O–H groups in total. The van der Waals surface area contributed by atoms with Gasteiger partial charge in [-0.15, -0.1) is 6.58 Å². The summed E-state index contributed by atoms with van der Waals surface area (Å²) in [7, 11) is 1.49. The van der Waals surface area contributed by atoms with Crippen LogP contribution in [0.1, 0.15) is 0 Å². The third kappa shape index (κ3) is 6.44. The molecule has 138 valence electrons. The molecule has 1 unspecified atom stereocenters. The second-order valence-corrected chi connectivity index (χ2v) is 7.16. The number of hydrogen-bond acceptors (Lipinski definition) is 6. The van der Waals surface area contributed by atoms with Crippen LogP contribution in [0.25, 0.3) is 0 Å². The van der Waals surface area contributed by atoms with E-state index in [4.69, 9.17) is 27.5 Å². The molecular weight excluding hydrogens is 328 g/mol. The van der Waals surface area contributed by atoms with Gasteiger partial charge in [0.1, 0.15) is 11.7 Å². The summed E-state index contributed by atoms with van der Waals surface area (Å²) < 4.78 is 33.4. The van der Waals surface area contributed by atoms with Gasteiger partial charge in [-0.25, -0.2) is 0 Å². The third-order valence-corrected chi connectivity index (χ3v) is 5.67. The summed E-state index contributed by atoms with van der Waals surface area (Å²) in [4.78, 5) is 0. The molecule has 0 heterocycles. The molecular formula is C17H30O6Si. The molecule has 0 aliphatic rings. The summed E-state index contributed by atoms with van der Waals surface area (Å²) in [5, 5.41) is 0. The maximum Gasteiger partial charge on any atom is 0.529 e. The van der Waals surface area contributed by atoms with Crippen molar-refractivity contribution in [1.29, 1.82) is 0 Å². The van der Waals surface area contributed by atoms with Gasteiger partial charge in [-0.1, -0.05) is 38.0 Å². The van der Waals surface area contributed by atoms with E-state index in [9.17, 15) is 0 Å². The van der Waals surface area contributed by atoms with Crippen LogP contribution in [0.5, 0.6) is 0 Å². The van der Waals surface area contributed by atoms with Crippen LogP contribution in [-0.4, -0.2) is 68.3 Å². The Kier molecular flexibility index (Phi) is 11.8. The van der Waals surface area contributed by atoms with E-state index in [0.717, 1.165) is 0 Å². The second kappa shape index (κ2) is 12.3. The Morgan fingerprint density at radius 1 is 0.875 bits per heavy atom. The lowest BCUT2D eigenvalue weighted by atomic mass is 9.97. The molecule has 0 aromatic heterocycles.